The van der Waals surface area contributed by atoms with Crippen molar-refractivity contribution in [2.75, 3.05) is 18.2 Å². The number of aromatic nitrogens is 3. The largest absolute Gasteiger partial charge is 0.497 e. The molecule has 0 aliphatic carbocycles. The average molecular weight is 431 g/mol. The summed E-state index contributed by atoms with van der Waals surface area (Å²) >= 11 is 3.16. The number of thiophene rings is 1. The molecule has 0 unspecified atom stereocenters. The molecule has 2 aromatic heterocycles. The van der Waals surface area contributed by atoms with E-state index in [9.17, 15) is 4.79 Å². The van der Waals surface area contributed by atoms with Gasteiger partial charge in [0.2, 0.25) is 5.91 Å². The molecule has 0 saturated carbocycles. The Bertz CT molecular complexity index is 964. The predicted octanol–water partition coefficient (Wildman–Crippen LogP) is 5.03. The maximum Gasteiger partial charge on any atom is 0.234 e. The number of rotatable bonds is 9. The topological polar surface area (TPSA) is 69.0 Å². The van der Waals surface area contributed by atoms with Gasteiger partial charge < -0.3 is 14.6 Å². The maximum atomic E-state index is 12.4. The number of nitrogens with zero attached hydrogens (tertiary/aromatic N) is 3. The predicted molar refractivity (Wildman–Crippen MR) is 120 cm³/mol. The number of carbonyl (C=O) groups is 1. The Morgan fingerprint density at radius 1 is 1.24 bits per heavy atom. The molecule has 8 heteroatoms. The highest BCUT2D eigenvalue weighted by Crippen LogP contribution is 2.32. The third-order valence-corrected chi connectivity index (χ3v) is 6.49. The first-order valence-electron chi connectivity index (χ1n) is 9.64. The van der Waals surface area contributed by atoms with Gasteiger partial charge in [0.05, 0.1) is 12.9 Å². The number of carbonyl (C=O) groups excluding carboxylic acids is 1. The fraction of sp³-hybridized carbons (Fsp3) is 0.381. The van der Waals surface area contributed by atoms with Gasteiger partial charge in [-0.05, 0) is 49.6 Å². The van der Waals surface area contributed by atoms with Crippen molar-refractivity contribution in [3.63, 3.8) is 0 Å². The van der Waals surface area contributed by atoms with E-state index >= 15 is 0 Å². The van der Waals surface area contributed by atoms with Crippen molar-refractivity contribution in [3.8, 4) is 17.1 Å². The highest BCUT2D eigenvalue weighted by atomic mass is 32.2. The molecule has 0 spiro atoms. The van der Waals surface area contributed by atoms with E-state index in [0.29, 0.717) is 0 Å². The highest BCUT2D eigenvalue weighted by molar-refractivity contribution is 7.99. The van der Waals surface area contributed by atoms with Crippen molar-refractivity contribution in [3.05, 3.63) is 40.1 Å². The average Bonchev–Trinajstić information content (AvgIpc) is 3.29. The second kappa shape index (κ2) is 9.93. The molecule has 0 saturated heterocycles. The van der Waals surface area contributed by atoms with Crippen molar-refractivity contribution in [1.82, 2.24) is 14.8 Å². The molecule has 0 fully saturated rings. The molecule has 1 aromatic carbocycles. The highest BCUT2D eigenvalue weighted by Gasteiger charge is 2.19. The molecule has 3 aromatic rings. The third kappa shape index (κ3) is 5.00. The summed E-state index contributed by atoms with van der Waals surface area (Å²) in [5.74, 6) is 1.85. The maximum absolute atomic E-state index is 12.4. The number of hydrogen-bond acceptors (Lipinski definition) is 6. The van der Waals surface area contributed by atoms with Crippen LogP contribution >= 0.6 is 23.1 Å². The van der Waals surface area contributed by atoms with Crippen molar-refractivity contribution >= 4 is 34.7 Å². The lowest BCUT2D eigenvalue weighted by atomic mass is 10.1. The second-order valence-electron chi connectivity index (χ2n) is 6.56. The Labute approximate surface area is 179 Å². The van der Waals surface area contributed by atoms with Crippen molar-refractivity contribution < 1.29 is 9.53 Å². The number of amides is 1. The lowest BCUT2D eigenvalue weighted by molar-refractivity contribution is -0.113. The van der Waals surface area contributed by atoms with Crippen LogP contribution in [0.1, 0.15) is 30.7 Å². The van der Waals surface area contributed by atoms with Crippen LogP contribution in [0, 0.1) is 6.92 Å². The fourth-order valence-electron chi connectivity index (χ4n) is 3.13. The van der Waals surface area contributed by atoms with Crippen LogP contribution in [0.15, 0.2) is 34.8 Å². The first-order valence-corrected chi connectivity index (χ1v) is 11.5. The number of hydrogen-bond donors (Lipinski definition) is 1. The Morgan fingerprint density at radius 2 is 2.00 bits per heavy atom. The zero-order valence-corrected chi connectivity index (χ0v) is 18.8. The van der Waals surface area contributed by atoms with E-state index in [-0.39, 0.29) is 11.7 Å². The van der Waals surface area contributed by atoms with Crippen LogP contribution in [0.2, 0.25) is 0 Å². The summed E-state index contributed by atoms with van der Waals surface area (Å²) < 4.78 is 7.27. The quantitative estimate of drug-likeness (QED) is 0.482. The molecular weight excluding hydrogens is 404 g/mol. The summed E-state index contributed by atoms with van der Waals surface area (Å²) in [6.07, 6.45) is 1.94. The molecule has 0 atom stereocenters. The summed E-state index contributed by atoms with van der Waals surface area (Å²) in [6.45, 7) is 7.27. The number of benzene rings is 1. The number of ether oxygens (including phenoxy) is 1. The summed E-state index contributed by atoms with van der Waals surface area (Å²) in [6, 6.07) is 7.29. The van der Waals surface area contributed by atoms with Gasteiger partial charge in [-0.15, -0.1) is 21.5 Å². The number of thioether (sulfide) groups is 1. The number of nitrogens with one attached hydrogen (secondary N) is 1. The van der Waals surface area contributed by atoms with Crippen molar-refractivity contribution in [2.24, 2.45) is 0 Å². The Kier molecular flexibility index (Phi) is 7.33. The first-order chi connectivity index (χ1) is 14.1. The van der Waals surface area contributed by atoms with Crippen LogP contribution < -0.4 is 10.1 Å². The lowest BCUT2D eigenvalue weighted by Gasteiger charge is -2.10. The molecule has 154 valence electrons. The molecule has 0 aliphatic heterocycles. The third-order valence-electron chi connectivity index (χ3n) is 4.57. The van der Waals surface area contributed by atoms with Crippen molar-refractivity contribution in [1.29, 1.82) is 0 Å². The second-order valence-corrected chi connectivity index (χ2v) is 8.59. The minimum atomic E-state index is -0.0756. The van der Waals surface area contributed by atoms with Crippen LogP contribution in [-0.4, -0.2) is 33.5 Å². The van der Waals surface area contributed by atoms with Gasteiger partial charge in [-0.1, -0.05) is 25.6 Å². The van der Waals surface area contributed by atoms with Crippen LogP contribution in [0.25, 0.3) is 11.4 Å². The summed E-state index contributed by atoms with van der Waals surface area (Å²) in [7, 11) is 1.62. The minimum absolute atomic E-state index is 0.0756. The molecule has 6 nitrogen and oxygen atoms in total. The zero-order valence-electron chi connectivity index (χ0n) is 17.2. The molecule has 29 heavy (non-hydrogen) atoms. The fourth-order valence-corrected chi connectivity index (χ4v) is 4.83. The standard InChI is InChI=1S/C21H26N4O2S2/c1-5-11-25-20(18-12-28-14(3)17(18)6-2)23-24-21(25)29-13-19(26)22-15-7-9-16(27-4)10-8-15/h7-10,12H,5-6,11,13H2,1-4H3,(H,22,26). The normalized spacial score (nSPS) is 10.9. The van der Waals surface area contributed by atoms with E-state index in [1.165, 1.54) is 22.2 Å². The van der Waals surface area contributed by atoms with E-state index in [1.807, 2.05) is 24.3 Å². The van der Waals surface area contributed by atoms with E-state index < -0.39 is 0 Å². The monoisotopic (exact) mass is 430 g/mol. The number of anilines is 1. The SMILES string of the molecule is CCCn1c(SCC(=O)Nc2ccc(OC)cc2)nnc1-c1csc(C)c1CC. The van der Waals surface area contributed by atoms with E-state index in [4.69, 9.17) is 4.74 Å². The van der Waals surface area contributed by atoms with Gasteiger partial charge in [-0.25, -0.2) is 0 Å². The Hall–Kier alpha value is -2.32. The molecular formula is C21H26N4O2S2. The first kappa shape index (κ1) is 21.4. The minimum Gasteiger partial charge on any atom is -0.497 e. The van der Waals surface area contributed by atoms with Gasteiger partial charge >= 0.3 is 0 Å². The van der Waals surface area contributed by atoms with Gasteiger partial charge in [-0.2, -0.15) is 0 Å². The number of methoxy groups -OCH3 is 1. The van der Waals surface area contributed by atoms with Gasteiger partial charge in [0.1, 0.15) is 5.75 Å². The molecule has 0 bridgehead atoms. The lowest BCUT2D eigenvalue weighted by Crippen LogP contribution is -2.14. The van der Waals surface area contributed by atoms with E-state index in [2.05, 4.69) is 46.2 Å². The Balaban J connectivity index is 1.71. The Morgan fingerprint density at radius 3 is 2.66 bits per heavy atom. The summed E-state index contributed by atoms with van der Waals surface area (Å²) in [5.41, 5.74) is 3.23. The molecule has 0 aliphatic rings. The molecule has 3 rings (SSSR count). The van der Waals surface area contributed by atoms with Crippen LogP contribution in [-0.2, 0) is 17.8 Å². The zero-order chi connectivity index (χ0) is 20.8. The van der Waals surface area contributed by atoms with Gasteiger partial charge in [-0.3, -0.25) is 4.79 Å². The molecule has 1 amide bonds. The molecule has 2 heterocycles. The number of aryl methyl sites for hydroxylation is 1. The van der Waals surface area contributed by atoms with Gasteiger partial charge in [0, 0.05) is 28.1 Å². The summed E-state index contributed by atoms with van der Waals surface area (Å²) in [4.78, 5) is 13.7. The van der Waals surface area contributed by atoms with Crippen LogP contribution in [0.5, 0.6) is 5.75 Å². The smallest absolute Gasteiger partial charge is 0.234 e. The van der Waals surface area contributed by atoms with Crippen LogP contribution in [0.3, 0.4) is 0 Å². The molecule has 1 N–H and O–H groups in total. The molecule has 0 radical (unpaired) electrons. The van der Waals surface area contributed by atoms with E-state index in [0.717, 1.165) is 47.4 Å². The summed E-state index contributed by atoms with van der Waals surface area (Å²) in [5, 5.41) is 14.7. The van der Waals surface area contributed by atoms with E-state index in [1.54, 1.807) is 18.4 Å². The van der Waals surface area contributed by atoms with Crippen LogP contribution in [0.4, 0.5) is 5.69 Å². The van der Waals surface area contributed by atoms with Gasteiger partial charge in [0.15, 0.2) is 11.0 Å². The van der Waals surface area contributed by atoms with Crippen molar-refractivity contribution in [2.45, 2.75) is 45.3 Å². The van der Waals surface area contributed by atoms with Gasteiger partial charge in [0.25, 0.3) is 0 Å².